The number of hydrogen-bond donors (Lipinski definition) is 2. The van der Waals surface area contributed by atoms with E-state index in [4.69, 9.17) is 14.0 Å². The first-order valence-electron chi connectivity index (χ1n) is 13.6. The summed E-state index contributed by atoms with van der Waals surface area (Å²) in [5.74, 6) is 0.957. The van der Waals surface area contributed by atoms with Gasteiger partial charge in [-0.1, -0.05) is 83.6 Å². The average Bonchev–Trinajstić information content (AvgIpc) is 2.75. The van der Waals surface area contributed by atoms with Crippen LogP contribution in [0.1, 0.15) is 71.6 Å². The molecule has 0 aliphatic carbocycles. The number of rotatable bonds is 12. The minimum atomic E-state index is -1.97. The summed E-state index contributed by atoms with van der Waals surface area (Å²) in [4.78, 5) is 0. The lowest BCUT2D eigenvalue weighted by molar-refractivity contribution is 0.100. The van der Waals surface area contributed by atoms with E-state index in [1.54, 1.807) is 6.08 Å². The first-order chi connectivity index (χ1) is 16.8. The zero-order valence-electron chi connectivity index (χ0n) is 25.7. The summed E-state index contributed by atoms with van der Waals surface area (Å²) in [6, 6.07) is 4.21. The van der Waals surface area contributed by atoms with Crippen molar-refractivity contribution in [3.63, 3.8) is 0 Å². The third-order valence-corrected chi connectivity index (χ3v) is 16.9. The van der Waals surface area contributed by atoms with Crippen LogP contribution in [0.2, 0.25) is 36.3 Å². The van der Waals surface area contributed by atoms with Gasteiger partial charge in [-0.25, -0.2) is 0 Å². The molecule has 1 aromatic rings. The molecule has 0 spiro atoms. The molecule has 6 heteroatoms. The van der Waals surface area contributed by atoms with Gasteiger partial charge in [0, 0.05) is 0 Å². The highest BCUT2D eigenvalue weighted by Gasteiger charge is 2.39. The summed E-state index contributed by atoms with van der Waals surface area (Å²) in [6.07, 6.45) is 10.7. The van der Waals surface area contributed by atoms with Crippen molar-refractivity contribution in [1.82, 2.24) is 0 Å². The Hall–Kier alpha value is -1.45. The monoisotopic (exact) mass is 546 g/mol. The highest BCUT2D eigenvalue weighted by molar-refractivity contribution is 6.75. The van der Waals surface area contributed by atoms with Crippen LogP contribution in [-0.4, -0.2) is 46.2 Å². The van der Waals surface area contributed by atoms with Crippen molar-refractivity contribution in [2.45, 2.75) is 111 Å². The van der Waals surface area contributed by atoms with E-state index in [0.717, 1.165) is 28.9 Å². The fraction of sp³-hybridized carbons (Fsp3) is 0.613. The molecule has 0 amide bonds. The predicted molar refractivity (Wildman–Crippen MR) is 165 cm³/mol. The molecule has 1 aromatic carbocycles. The molecular weight excluding hydrogens is 493 g/mol. The first kappa shape index (κ1) is 33.6. The number of hydrogen-bond acceptors (Lipinski definition) is 4. The molecule has 0 saturated carbocycles. The van der Waals surface area contributed by atoms with Crippen LogP contribution in [0.5, 0.6) is 5.75 Å². The van der Waals surface area contributed by atoms with Crippen molar-refractivity contribution in [3.8, 4) is 5.75 Å². The Morgan fingerprint density at radius 1 is 0.973 bits per heavy atom. The zero-order valence-corrected chi connectivity index (χ0v) is 27.7. The topological polar surface area (TPSA) is 58.9 Å². The van der Waals surface area contributed by atoms with Crippen LogP contribution < -0.4 is 4.43 Å². The van der Waals surface area contributed by atoms with Gasteiger partial charge in [0.1, 0.15) is 5.75 Å². The van der Waals surface area contributed by atoms with Crippen molar-refractivity contribution in [2.24, 2.45) is 0 Å². The summed E-state index contributed by atoms with van der Waals surface area (Å²) < 4.78 is 12.9. The van der Waals surface area contributed by atoms with E-state index in [1.165, 1.54) is 5.56 Å². The lowest BCUT2D eigenvalue weighted by Crippen LogP contribution is -2.44. The predicted octanol–water partition coefficient (Wildman–Crippen LogP) is 8.20. The minimum Gasteiger partial charge on any atom is -0.543 e. The molecule has 0 heterocycles. The molecule has 37 heavy (non-hydrogen) atoms. The van der Waals surface area contributed by atoms with Crippen LogP contribution >= 0.6 is 0 Å². The summed E-state index contributed by atoms with van der Waals surface area (Å²) in [5, 5.41) is 20.0. The Kier molecular flexibility index (Phi) is 12.3. The number of allylic oxidation sites excluding steroid dienone is 3. The van der Waals surface area contributed by atoms with Gasteiger partial charge in [-0.3, -0.25) is 0 Å². The average molecular weight is 547 g/mol. The Bertz CT molecular complexity index is 961. The van der Waals surface area contributed by atoms with Gasteiger partial charge in [-0.2, -0.15) is 0 Å². The van der Waals surface area contributed by atoms with Gasteiger partial charge in [-0.05, 0) is 85.7 Å². The lowest BCUT2D eigenvalue weighted by Gasteiger charge is -2.37. The maximum absolute atomic E-state index is 10.7. The van der Waals surface area contributed by atoms with Crippen molar-refractivity contribution in [1.29, 1.82) is 0 Å². The third-order valence-electron chi connectivity index (χ3n) is 8.04. The van der Waals surface area contributed by atoms with Crippen LogP contribution in [0.4, 0.5) is 0 Å². The Labute approximate surface area is 229 Å². The Morgan fingerprint density at radius 3 is 2.11 bits per heavy atom. The van der Waals surface area contributed by atoms with Gasteiger partial charge < -0.3 is 19.1 Å². The molecule has 4 nitrogen and oxygen atoms in total. The van der Waals surface area contributed by atoms with E-state index < -0.39 is 22.7 Å². The van der Waals surface area contributed by atoms with E-state index in [0.29, 0.717) is 13.0 Å². The lowest BCUT2D eigenvalue weighted by atomic mass is 9.96. The molecule has 0 aromatic heterocycles. The minimum absolute atomic E-state index is 0.0267. The van der Waals surface area contributed by atoms with E-state index >= 15 is 0 Å². The quantitative estimate of drug-likeness (QED) is 0.158. The molecule has 2 N–H and O–H groups in total. The molecule has 210 valence electrons. The molecule has 0 bridgehead atoms. The number of benzene rings is 1. The molecule has 1 rings (SSSR count). The van der Waals surface area contributed by atoms with E-state index in [9.17, 15) is 5.11 Å². The fourth-order valence-electron chi connectivity index (χ4n) is 3.33. The summed E-state index contributed by atoms with van der Waals surface area (Å²) in [7, 11) is -3.86. The molecule has 0 unspecified atom stereocenters. The molecule has 1 atom stereocenters. The van der Waals surface area contributed by atoms with Crippen LogP contribution in [0.25, 0.3) is 6.08 Å². The summed E-state index contributed by atoms with van der Waals surface area (Å²) >= 11 is 0. The second-order valence-corrected chi connectivity index (χ2v) is 22.8. The number of aliphatic hydroxyl groups excluding tert-OH is 2. The largest absolute Gasteiger partial charge is 0.543 e. The van der Waals surface area contributed by atoms with Gasteiger partial charge >= 0.3 is 0 Å². The van der Waals surface area contributed by atoms with Gasteiger partial charge in [0.25, 0.3) is 0 Å². The van der Waals surface area contributed by atoms with Crippen molar-refractivity contribution < 1.29 is 19.1 Å². The molecule has 0 aliphatic rings. The maximum Gasteiger partial charge on any atom is 0.250 e. The van der Waals surface area contributed by atoms with Gasteiger partial charge in [0.2, 0.25) is 8.32 Å². The number of aliphatic hydroxyl groups is 2. The zero-order chi connectivity index (χ0) is 28.7. The fourth-order valence-corrected chi connectivity index (χ4v) is 5.45. The van der Waals surface area contributed by atoms with Crippen LogP contribution in [0, 0.1) is 6.92 Å². The Balaban J connectivity index is 3.16. The highest BCUT2D eigenvalue weighted by Crippen LogP contribution is 2.39. The van der Waals surface area contributed by atoms with Crippen LogP contribution in [-0.2, 0) is 10.8 Å². The summed E-state index contributed by atoms with van der Waals surface area (Å²) in [5.41, 5.74) is 4.66. The van der Waals surface area contributed by atoms with Gasteiger partial charge in [0.05, 0.1) is 19.3 Å². The second-order valence-electron chi connectivity index (χ2n) is 13.3. The van der Waals surface area contributed by atoms with Gasteiger partial charge in [-0.15, -0.1) is 0 Å². The SMILES string of the molecule is C/C(=C\Cc1c(/C=C/C=C/CO)ccc(O[Si](C)(C)C(C)(C)C)c1C)C[C@H](O)CO[Si](C)(C)C(C)(C)C. The smallest absolute Gasteiger partial charge is 0.250 e. The van der Waals surface area contributed by atoms with Crippen molar-refractivity contribution in [3.05, 3.63) is 58.7 Å². The van der Waals surface area contributed by atoms with E-state index in [1.807, 2.05) is 12.2 Å². The molecule has 0 saturated heterocycles. The third kappa shape index (κ3) is 10.3. The van der Waals surface area contributed by atoms with E-state index in [2.05, 4.69) is 106 Å². The molecule has 0 radical (unpaired) electrons. The van der Waals surface area contributed by atoms with Crippen molar-refractivity contribution in [2.75, 3.05) is 13.2 Å². The first-order valence-corrected chi connectivity index (χ1v) is 19.4. The van der Waals surface area contributed by atoms with Crippen LogP contribution in [0.3, 0.4) is 0 Å². The van der Waals surface area contributed by atoms with Gasteiger partial charge in [0.15, 0.2) is 8.32 Å². The van der Waals surface area contributed by atoms with Crippen LogP contribution in [0.15, 0.2) is 42.0 Å². The molecular formula is C31H54O4Si2. The summed E-state index contributed by atoms with van der Waals surface area (Å²) in [6.45, 7) is 27.0. The standard InChI is InChI=1S/C31H54O4Si2/c1-24(22-27(33)23-34-36(9,10)30(3,4)5)17-19-28-25(2)29(35-37(11,12)31(6,7)8)20-18-26(28)16-14-13-15-21-32/h13-18,20,27,32-33H,19,21-23H2,1-12H3/b15-13+,16-14+,24-17+/t27-/m0/s1. The highest BCUT2D eigenvalue weighted by atomic mass is 28.4. The molecule has 0 fully saturated rings. The van der Waals surface area contributed by atoms with Crippen molar-refractivity contribution >= 4 is 22.7 Å². The van der Waals surface area contributed by atoms with E-state index in [-0.39, 0.29) is 16.7 Å². The normalized spacial score (nSPS) is 15.1. The Morgan fingerprint density at radius 2 is 1.57 bits per heavy atom. The molecule has 0 aliphatic heterocycles. The second kappa shape index (κ2) is 13.6. The maximum atomic E-state index is 10.7.